The van der Waals surface area contributed by atoms with Gasteiger partial charge in [-0.1, -0.05) is 0 Å². The first-order chi connectivity index (χ1) is 7.35. The van der Waals surface area contributed by atoms with E-state index in [0.717, 1.165) is 5.56 Å². The fraction of sp³-hybridized carbons (Fsp3) is 0.364. The number of carboxylic acids is 1. The number of carbonyl (C=O) groups excluding carboxylic acids is 1. The van der Waals surface area contributed by atoms with Crippen molar-refractivity contribution in [2.24, 2.45) is 5.41 Å². The Labute approximate surface area is 93.5 Å². The number of aryl methyl sites for hydroxylation is 1. The second-order valence-corrected chi connectivity index (χ2v) is 4.07. The molecule has 0 aromatic carbocycles. The van der Waals surface area contributed by atoms with Crippen molar-refractivity contribution >= 4 is 17.6 Å². The Morgan fingerprint density at radius 2 is 2.06 bits per heavy atom. The molecule has 0 fully saturated rings. The summed E-state index contributed by atoms with van der Waals surface area (Å²) in [7, 11) is 0. The minimum atomic E-state index is -1.46. The number of carboxylic acid groups (broad SMARTS) is 1. The molecule has 1 aromatic rings. The van der Waals surface area contributed by atoms with Crippen molar-refractivity contribution in [3.8, 4) is 0 Å². The molecule has 0 aliphatic rings. The first-order valence-electron chi connectivity index (χ1n) is 4.81. The molecule has 86 valence electrons. The second-order valence-electron chi connectivity index (χ2n) is 4.07. The van der Waals surface area contributed by atoms with Crippen LogP contribution < -0.4 is 5.32 Å². The molecule has 0 radical (unpaired) electrons. The molecule has 1 amide bonds. The maximum absolute atomic E-state index is 11.7. The summed E-state index contributed by atoms with van der Waals surface area (Å²) < 4.78 is 0. The number of hydrogen-bond donors (Lipinski definition) is 2. The lowest BCUT2D eigenvalue weighted by Gasteiger charge is -2.18. The van der Waals surface area contributed by atoms with Gasteiger partial charge in [0.2, 0.25) is 5.91 Å². The molecule has 2 N–H and O–H groups in total. The molecule has 16 heavy (non-hydrogen) atoms. The third-order valence-corrected chi connectivity index (χ3v) is 2.39. The quantitative estimate of drug-likeness (QED) is 0.758. The lowest BCUT2D eigenvalue weighted by atomic mass is 9.92. The molecule has 1 rings (SSSR count). The number of aromatic nitrogens is 1. The Kier molecular flexibility index (Phi) is 3.27. The van der Waals surface area contributed by atoms with Crippen molar-refractivity contribution in [2.75, 3.05) is 5.32 Å². The van der Waals surface area contributed by atoms with E-state index in [1.807, 2.05) is 6.92 Å². The van der Waals surface area contributed by atoms with Crippen LogP contribution in [0.3, 0.4) is 0 Å². The molecule has 5 nitrogen and oxygen atoms in total. The standard InChI is InChI=1S/C11H14N2O3/c1-7-4-5-12-6-8(7)13-9(14)11(2,3)10(15)16/h4-6H,1-3H3,(H,13,14)(H,15,16). The van der Waals surface area contributed by atoms with Crippen molar-refractivity contribution < 1.29 is 14.7 Å². The van der Waals surface area contributed by atoms with E-state index in [0.29, 0.717) is 5.69 Å². The Hall–Kier alpha value is -1.91. The number of nitrogens with one attached hydrogen (secondary N) is 1. The number of pyridine rings is 1. The lowest BCUT2D eigenvalue weighted by molar-refractivity contribution is -0.151. The van der Waals surface area contributed by atoms with Gasteiger partial charge in [0.05, 0.1) is 11.9 Å². The van der Waals surface area contributed by atoms with Gasteiger partial charge in [-0.3, -0.25) is 14.6 Å². The van der Waals surface area contributed by atoms with Crippen LogP contribution in [0.4, 0.5) is 5.69 Å². The van der Waals surface area contributed by atoms with Gasteiger partial charge in [0, 0.05) is 6.20 Å². The lowest BCUT2D eigenvalue weighted by Crippen LogP contribution is -2.38. The third-order valence-electron chi connectivity index (χ3n) is 2.39. The Balaban J connectivity index is 2.88. The minimum Gasteiger partial charge on any atom is -0.480 e. The summed E-state index contributed by atoms with van der Waals surface area (Å²) in [6.45, 7) is 4.53. The van der Waals surface area contributed by atoms with Crippen molar-refractivity contribution in [1.29, 1.82) is 0 Å². The van der Waals surface area contributed by atoms with Crippen LogP contribution in [0, 0.1) is 12.3 Å². The molecular weight excluding hydrogens is 208 g/mol. The van der Waals surface area contributed by atoms with Gasteiger partial charge < -0.3 is 10.4 Å². The molecule has 5 heteroatoms. The van der Waals surface area contributed by atoms with Crippen LogP contribution in [0.25, 0.3) is 0 Å². The van der Waals surface area contributed by atoms with Gasteiger partial charge in [-0.25, -0.2) is 0 Å². The second kappa shape index (κ2) is 4.30. The maximum Gasteiger partial charge on any atom is 0.318 e. The van der Waals surface area contributed by atoms with E-state index in [1.165, 1.54) is 20.0 Å². The zero-order valence-electron chi connectivity index (χ0n) is 9.44. The predicted octanol–water partition coefficient (Wildman–Crippen LogP) is 1.44. The molecule has 0 spiro atoms. The summed E-state index contributed by atoms with van der Waals surface area (Å²) in [5.41, 5.74) is -0.0891. The topological polar surface area (TPSA) is 79.3 Å². The molecule has 0 aliphatic heterocycles. The van der Waals surface area contributed by atoms with Crippen LogP contribution in [0.1, 0.15) is 19.4 Å². The number of carbonyl (C=O) groups is 2. The van der Waals surface area contributed by atoms with Crippen molar-refractivity contribution in [2.45, 2.75) is 20.8 Å². The molecule has 0 aliphatic carbocycles. The predicted molar refractivity (Wildman–Crippen MR) is 59.0 cm³/mol. The third kappa shape index (κ3) is 2.36. The highest BCUT2D eigenvalue weighted by Gasteiger charge is 2.36. The zero-order chi connectivity index (χ0) is 12.3. The molecule has 1 heterocycles. The highest BCUT2D eigenvalue weighted by atomic mass is 16.4. The maximum atomic E-state index is 11.7. The van der Waals surface area contributed by atoms with E-state index < -0.39 is 17.3 Å². The fourth-order valence-corrected chi connectivity index (χ4v) is 0.971. The van der Waals surface area contributed by atoms with Crippen LogP contribution in [0.15, 0.2) is 18.5 Å². The van der Waals surface area contributed by atoms with Gasteiger partial charge >= 0.3 is 5.97 Å². The monoisotopic (exact) mass is 222 g/mol. The normalized spacial score (nSPS) is 10.9. The SMILES string of the molecule is Cc1ccncc1NC(=O)C(C)(C)C(=O)O. The highest BCUT2D eigenvalue weighted by molar-refractivity contribution is 6.07. The number of rotatable bonds is 3. The van der Waals surface area contributed by atoms with Crippen LogP contribution in [-0.2, 0) is 9.59 Å². The molecule has 0 atom stereocenters. The van der Waals surface area contributed by atoms with Gasteiger partial charge in [0.15, 0.2) is 0 Å². The van der Waals surface area contributed by atoms with Gasteiger partial charge in [-0.05, 0) is 32.4 Å². The summed E-state index contributed by atoms with van der Waals surface area (Å²) in [5, 5.41) is 11.4. The van der Waals surface area contributed by atoms with Crippen LogP contribution in [0.2, 0.25) is 0 Å². The Bertz CT molecular complexity index is 427. The van der Waals surface area contributed by atoms with E-state index >= 15 is 0 Å². The van der Waals surface area contributed by atoms with Gasteiger partial charge in [-0.2, -0.15) is 0 Å². The van der Waals surface area contributed by atoms with Crippen LogP contribution >= 0.6 is 0 Å². The largest absolute Gasteiger partial charge is 0.480 e. The van der Waals surface area contributed by atoms with Crippen molar-refractivity contribution in [3.63, 3.8) is 0 Å². The average molecular weight is 222 g/mol. The average Bonchev–Trinajstić information content (AvgIpc) is 2.21. The van der Waals surface area contributed by atoms with Gasteiger partial charge in [-0.15, -0.1) is 0 Å². The molecule has 0 unspecified atom stereocenters. The highest BCUT2D eigenvalue weighted by Crippen LogP contribution is 2.20. The molecule has 0 saturated carbocycles. The number of anilines is 1. The van der Waals surface area contributed by atoms with Crippen LogP contribution in [-0.4, -0.2) is 22.0 Å². The van der Waals surface area contributed by atoms with E-state index in [4.69, 9.17) is 5.11 Å². The first kappa shape index (κ1) is 12.2. The number of amides is 1. The Morgan fingerprint density at radius 3 is 2.56 bits per heavy atom. The van der Waals surface area contributed by atoms with E-state index in [1.54, 1.807) is 12.3 Å². The smallest absolute Gasteiger partial charge is 0.318 e. The molecule has 0 bridgehead atoms. The van der Waals surface area contributed by atoms with E-state index in [2.05, 4.69) is 10.3 Å². The fourth-order valence-electron chi connectivity index (χ4n) is 0.971. The minimum absolute atomic E-state index is 0.529. The van der Waals surface area contributed by atoms with Crippen LogP contribution in [0.5, 0.6) is 0 Å². The number of aliphatic carboxylic acids is 1. The summed E-state index contributed by atoms with van der Waals surface area (Å²) in [4.78, 5) is 26.4. The summed E-state index contributed by atoms with van der Waals surface area (Å²) in [5.74, 6) is -1.72. The van der Waals surface area contributed by atoms with Crippen molar-refractivity contribution in [3.05, 3.63) is 24.0 Å². The zero-order valence-corrected chi connectivity index (χ0v) is 9.44. The molecule has 0 saturated heterocycles. The summed E-state index contributed by atoms with van der Waals surface area (Å²) in [6, 6.07) is 1.74. The van der Waals surface area contributed by atoms with Gasteiger partial charge in [0.1, 0.15) is 5.41 Å². The molecule has 1 aromatic heterocycles. The van der Waals surface area contributed by atoms with Gasteiger partial charge in [0.25, 0.3) is 0 Å². The van der Waals surface area contributed by atoms with Crippen molar-refractivity contribution in [1.82, 2.24) is 4.98 Å². The Morgan fingerprint density at radius 1 is 1.44 bits per heavy atom. The summed E-state index contributed by atoms with van der Waals surface area (Å²) in [6.07, 6.45) is 3.10. The van der Waals surface area contributed by atoms with E-state index in [9.17, 15) is 9.59 Å². The molecular formula is C11H14N2O3. The number of nitrogens with zero attached hydrogens (tertiary/aromatic N) is 1. The van der Waals surface area contributed by atoms with E-state index in [-0.39, 0.29) is 0 Å². The number of hydrogen-bond acceptors (Lipinski definition) is 3. The first-order valence-corrected chi connectivity index (χ1v) is 4.81. The summed E-state index contributed by atoms with van der Waals surface area (Å²) >= 11 is 0.